The quantitative estimate of drug-likeness (QED) is 0.439. The number of aryl methyl sites for hydroxylation is 1. The van der Waals surface area contributed by atoms with Crippen LogP contribution < -0.4 is 10.6 Å². The number of amides is 2. The van der Waals surface area contributed by atoms with Crippen LogP contribution in [-0.2, 0) is 4.79 Å². The van der Waals surface area contributed by atoms with Gasteiger partial charge in [0, 0.05) is 21.8 Å². The first-order valence-corrected chi connectivity index (χ1v) is 10.5. The van der Waals surface area contributed by atoms with E-state index in [2.05, 4.69) is 10.6 Å². The third-order valence-corrected chi connectivity index (χ3v) is 5.71. The van der Waals surface area contributed by atoms with Crippen molar-refractivity contribution in [3.05, 3.63) is 87.9 Å². The first-order chi connectivity index (χ1) is 13.9. The Morgan fingerprint density at radius 2 is 1.59 bits per heavy atom. The Morgan fingerprint density at radius 3 is 2.31 bits per heavy atom. The Bertz CT molecular complexity index is 1040. The maximum atomic E-state index is 12.4. The van der Waals surface area contributed by atoms with Crippen molar-refractivity contribution in [2.75, 3.05) is 16.4 Å². The van der Waals surface area contributed by atoms with Gasteiger partial charge in [-0.3, -0.25) is 9.59 Å². The topological polar surface area (TPSA) is 58.2 Å². The minimum atomic E-state index is -0.176. The monoisotopic (exact) mass is 444 g/mol. The molecule has 0 fully saturated rings. The Balaban J connectivity index is 1.56. The molecule has 0 heterocycles. The number of rotatable bonds is 6. The van der Waals surface area contributed by atoms with Crippen molar-refractivity contribution in [3.8, 4) is 0 Å². The summed E-state index contributed by atoms with van der Waals surface area (Å²) in [6.45, 7) is 1.97. The maximum Gasteiger partial charge on any atom is 0.255 e. The second-order valence-electron chi connectivity index (χ2n) is 6.31. The van der Waals surface area contributed by atoms with Gasteiger partial charge in [-0.05, 0) is 55.5 Å². The van der Waals surface area contributed by atoms with E-state index in [0.29, 0.717) is 27.0 Å². The van der Waals surface area contributed by atoms with Crippen molar-refractivity contribution >= 4 is 58.2 Å². The van der Waals surface area contributed by atoms with Crippen molar-refractivity contribution in [2.24, 2.45) is 0 Å². The van der Waals surface area contributed by atoms with Crippen molar-refractivity contribution in [3.63, 3.8) is 0 Å². The van der Waals surface area contributed by atoms with Crippen LogP contribution in [-0.4, -0.2) is 17.6 Å². The number of hydrogen-bond acceptors (Lipinski definition) is 3. The van der Waals surface area contributed by atoms with Gasteiger partial charge in [0.25, 0.3) is 5.91 Å². The van der Waals surface area contributed by atoms with Crippen LogP contribution in [0.25, 0.3) is 0 Å². The number of thioether (sulfide) groups is 1. The summed E-state index contributed by atoms with van der Waals surface area (Å²) in [5, 5.41) is 6.47. The molecule has 148 valence electrons. The van der Waals surface area contributed by atoms with Gasteiger partial charge in [0.15, 0.2) is 0 Å². The smallest absolute Gasteiger partial charge is 0.255 e. The zero-order valence-electron chi connectivity index (χ0n) is 15.5. The minimum absolute atomic E-state index is 0.164. The molecule has 0 saturated carbocycles. The number of hydrogen-bond donors (Lipinski definition) is 2. The van der Waals surface area contributed by atoms with Gasteiger partial charge in [-0.2, -0.15) is 0 Å². The molecule has 0 bridgehead atoms. The molecule has 0 aliphatic heterocycles. The van der Waals surface area contributed by atoms with E-state index in [1.807, 2.05) is 43.3 Å². The Kier molecular flexibility index (Phi) is 7.20. The highest BCUT2D eigenvalue weighted by molar-refractivity contribution is 8.00. The normalized spacial score (nSPS) is 10.4. The minimum Gasteiger partial charge on any atom is -0.325 e. The molecule has 0 saturated heterocycles. The molecule has 3 aromatic rings. The second-order valence-corrected chi connectivity index (χ2v) is 8.18. The zero-order valence-corrected chi connectivity index (χ0v) is 17.9. The van der Waals surface area contributed by atoms with Crippen molar-refractivity contribution in [1.29, 1.82) is 0 Å². The Hall–Kier alpha value is -2.47. The molecule has 0 aliphatic rings. The molecule has 2 amide bonds. The van der Waals surface area contributed by atoms with Gasteiger partial charge < -0.3 is 10.6 Å². The lowest BCUT2D eigenvalue weighted by Crippen LogP contribution is -2.14. The molecule has 0 aromatic heterocycles. The highest BCUT2D eigenvalue weighted by Gasteiger charge is 2.08. The number of halogens is 2. The average molecular weight is 445 g/mol. The number of carbonyl (C=O) groups excluding carboxylic acids is 2. The first-order valence-electron chi connectivity index (χ1n) is 8.76. The number of nitrogens with one attached hydrogen (secondary N) is 2. The predicted octanol–water partition coefficient (Wildman–Crippen LogP) is 6.28. The van der Waals surface area contributed by atoms with Crippen molar-refractivity contribution < 1.29 is 9.59 Å². The SMILES string of the molecule is Cc1ccc(C(=O)Nc2cccc(SCC(=O)Nc3ccc(Cl)c(Cl)c3)c2)cc1. The summed E-state index contributed by atoms with van der Waals surface area (Å²) in [5.41, 5.74) is 2.95. The summed E-state index contributed by atoms with van der Waals surface area (Å²) < 4.78 is 0. The predicted molar refractivity (Wildman–Crippen MR) is 121 cm³/mol. The third-order valence-electron chi connectivity index (χ3n) is 3.98. The van der Waals surface area contributed by atoms with Crippen LogP contribution in [0.1, 0.15) is 15.9 Å². The summed E-state index contributed by atoms with van der Waals surface area (Å²) in [6.07, 6.45) is 0. The summed E-state index contributed by atoms with van der Waals surface area (Å²) in [5.74, 6) is -0.123. The molecule has 0 spiro atoms. The Morgan fingerprint density at radius 1 is 0.862 bits per heavy atom. The summed E-state index contributed by atoms with van der Waals surface area (Å²) in [7, 11) is 0. The van der Waals surface area contributed by atoms with E-state index in [-0.39, 0.29) is 17.6 Å². The van der Waals surface area contributed by atoms with Crippen LogP contribution in [0.15, 0.2) is 71.6 Å². The van der Waals surface area contributed by atoms with Crippen LogP contribution in [0, 0.1) is 6.92 Å². The third kappa shape index (κ3) is 6.26. The van der Waals surface area contributed by atoms with Crippen LogP contribution in [0.2, 0.25) is 10.0 Å². The Labute approximate surface area is 183 Å². The lowest BCUT2D eigenvalue weighted by molar-refractivity contribution is -0.113. The molecule has 3 aromatic carbocycles. The van der Waals surface area contributed by atoms with E-state index in [1.54, 1.807) is 30.3 Å². The molecule has 3 rings (SSSR count). The first kappa shape index (κ1) is 21.2. The van der Waals surface area contributed by atoms with E-state index >= 15 is 0 Å². The molecule has 2 N–H and O–H groups in total. The van der Waals surface area contributed by atoms with E-state index in [9.17, 15) is 9.59 Å². The van der Waals surface area contributed by atoms with Gasteiger partial charge in [-0.25, -0.2) is 0 Å². The highest BCUT2D eigenvalue weighted by Crippen LogP contribution is 2.26. The van der Waals surface area contributed by atoms with E-state index in [4.69, 9.17) is 23.2 Å². The highest BCUT2D eigenvalue weighted by atomic mass is 35.5. The molecule has 0 radical (unpaired) electrons. The van der Waals surface area contributed by atoms with Gasteiger partial charge >= 0.3 is 0 Å². The summed E-state index contributed by atoms with van der Waals surface area (Å²) in [6, 6.07) is 19.7. The number of benzene rings is 3. The molecule has 29 heavy (non-hydrogen) atoms. The largest absolute Gasteiger partial charge is 0.325 e. The van der Waals surface area contributed by atoms with Gasteiger partial charge in [0.2, 0.25) is 5.91 Å². The number of carbonyl (C=O) groups is 2. The molecule has 0 atom stereocenters. The fraction of sp³-hybridized carbons (Fsp3) is 0.0909. The average Bonchev–Trinajstić information content (AvgIpc) is 2.70. The molecular weight excluding hydrogens is 427 g/mol. The van der Waals surface area contributed by atoms with Gasteiger partial charge in [-0.15, -0.1) is 11.8 Å². The van der Waals surface area contributed by atoms with Gasteiger partial charge in [0.05, 0.1) is 15.8 Å². The maximum absolute atomic E-state index is 12.4. The standard InChI is InChI=1S/C22H18Cl2N2O2S/c1-14-5-7-15(8-6-14)22(28)26-16-3-2-4-18(11-16)29-13-21(27)25-17-9-10-19(23)20(24)12-17/h2-12H,13H2,1H3,(H,25,27)(H,26,28). The zero-order chi connectivity index (χ0) is 20.8. The molecule has 7 heteroatoms. The lowest BCUT2D eigenvalue weighted by Gasteiger charge is -2.09. The summed E-state index contributed by atoms with van der Waals surface area (Å²) >= 11 is 13.2. The second kappa shape index (κ2) is 9.83. The lowest BCUT2D eigenvalue weighted by atomic mass is 10.1. The van der Waals surface area contributed by atoms with Crippen LogP contribution in [0.4, 0.5) is 11.4 Å². The van der Waals surface area contributed by atoms with Gasteiger partial charge in [-0.1, -0.05) is 47.0 Å². The molecule has 0 aliphatic carbocycles. The van der Waals surface area contributed by atoms with E-state index in [1.165, 1.54) is 11.8 Å². The summed E-state index contributed by atoms with van der Waals surface area (Å²) in [4.78, 5) is 25.4. The molecule has 4 nitrogen and oxygen atoms in total. The van der Waals surface area contributed by atoms with Gasteiger partial charge in [0.1, 0.15) is 0 Å². The van der Waals surface area contributed by atoms with E-state index < -0.39 is 0 Å². The number of anilines is 2. The molecule has 0 unspecified atom stereocenters. The van der Waals surface area contributed by atoms with Crippen LogP contribution in [0.3, 0.4) is 0 Å². The van der Waals surface area contributed by atoms with Crippen molar-refractivity contribution in [1.82, 2.24) is 0 Å². The fourth-order valence-corrected chi connectivity index (χ4v) is 3.54. The van der Waals surface area contributed by atoms with Crippen molar-refractivity contribution in [2.45, 2.75) is 11.8 Å². The van der Waals surface area contributed by atoms with Crippen LogP contribution in [0.5, 0.6) is 0 Å². The van der Waals surface area contributed by atoms with E-state index in [0.717, 1.165) is 10.5 Å². The fourth-order valence-electron chi connectivity index (χ4n) is 2.49. The molecular formula is C22H18Cl2N2O2S. The van der Waals surface area contributed by atoms with Crippen LogP contribution >= 0.6 is 35.0 Å².